The van der Waals surface area contributed by atoms with Crippen molar-refractivity contribution in [1.29, 1.82) is 0 Å². The van der Waals surface area contributed by atoms with Crippen molar-refractivity contribution in [1.82, 2.24) is 9.88 Å². The highest BCUT2D eigenvalue weighted by atomic mass is 35.5. The number of hydrogen-bond acceptors (Lipinski definition) is 5. The third kappa shape index (κ3) is 6.48. The summed E-state index contributed by atoms with van der Waals surface area (Å²) in [6, 6.07) is 0.190. The zero-order valence-electron chi connectivity index (χ0n) is 14.6. The first-order valence-corrected chi connectivity index (χ1v) is 8.94. The second-order valence-electron chi connectivity index (χ2n) is 6.08. The van der Waals surface area contributed by atoms with E-state index in [0.717, 1.165) is 30.0 Å². The van der Waals surface area contributed by atoms with E-state index in [1.54, 1.807) is 16.2 Å². The van der Waals surface area contributed by atoms with Gasteiger partial charge in [0.05, 0.1) is 12.2 Å². The van der Waals surface area contributed by atoms with E-state index >= 15 is 0 Å². The smallest absolute Gasteiger partial charge is 0.223 e. The van der Waals surface area contributed by atoms with Crippen LogP contribution in [-0.4, -0.2) is 35.5 Å². The van der Waals surface area contributed by atoms with E-state index in [4.69, 9.17) is 10.5 Å². The molecule has 1 aromatic heterocycles. The minimum atomic E-state index is 0. The fraction of sp³-hybridized carbons (Fsp3) is 0.750. The zero-order chi connectivity index (χ0) is 16.1. The van der Waals surface area contributed by atoms with Gasteiger partial charge in [0.25, 0.3) is 0 Å². The molecule has 2 N–H and O–H groups in total. The molecule has 1 aliphatic rings. The van der Waals surface area contributed by atoms with Crippen molar-refractivity contribution >= 4 is 42.1 Å². The first kappa shape index (κ1) is 23.6. The molecule has 1 aromatic rings. The summed E-state index contributed by atoms with van der Waals surface area (Å²) < 4.78 is 5.55. The van der Waals surface area contributed by atoms with Gasteiger partial charge in [0.1, 0.15) is 11.1 Å². The van der Waals surface area contributed by atoms with Gasteiger partial charge in [0, 0.05) is 31.5 Å². The van der Waals surface area contributed by atoms with Gasteiger partial charge in [0.15, 0.2) is 0 Å². The van der Waals surface area contributed by atoms with Gasteiger partial charge in [-0.15, -0.1) is 36.2 Å². The Morgan fingerprint density at radius 2 is 2.21 bits per heavy atom. The minimum Gasteiger partial charge on any atom is -0.372 e. The number of nitrogens with zero attached hydrogens (tertiary/aromatic N) is 2. The predicted molar refractivity (Wildman–Crippen MR) is 103 cm³/mol. The number of carbonyl (C=O) groups excluding carboxylic acids is 1. The molecule has 0 radical (unpaired) electrons. The molecule has 3 atom stereocenters. The first-order valence-electron chi connectivity index (χ1n) is 8.06. The number of nitrogens with two attached hydrogens (primary N) is 1. The Morgan fingerprint density at radius 3 is 2.79 bits per heavy atom. The number of hydrogen-bond donors (Lipinski definition) is 1. The molecule has 1 fully saturated rings. The predicted octanol–water partition coefficient (Wildman–Crippen LogP) is 3.56. The van der Waals surface area contributed by atoms with E-state index < -0.39 is 0 Å². The van der Waals surface area contributed by atoms with Crippen LogP contribution in [-0.2, 0) is 16.1 Å². The minimum absolute atomic E-state index is 0. The SMILES string of the molecule is CCOC(C)c1nc(CN(C)C(=O)C[C@@H]2CCC[C@H]2N)cs1.Cl.Cl. The third-order valence-electron chi connectivity index (χ3n) is 4.31. The topological polar surface area (TPSA) is 68.5 Å². The van der Waals surface area contributed by atoms with E-state index in [-0.39, 0.29) is 42.9 Å². The summed E-state index contributed by atoms with van der Waals surface area (Å²) in [6.07, 6.45) is 3.85. The number of ether oxygens (including phenoxy) is 1. The average Bonchev–Trinajstić information content (AvgIpc) is 3.09. The van der Waals surface area contributed by atoms with Crippen molar-refractivity contribution in [2.75, 3.05) is 13.7 Å². The van der Waals surface area contributed by atoms with Gasteiger partial charge in [-0.1, -0.05) is 6.42 Å². The maximum absolute atomic E-state index is 12.3. The normalized spacial score (nSPS) is 20.8. The number of carbonyl (C=O) groups is 1. The maximum Gasteiger partial charge on any atom is 0.223 e. The molecule has 0 aliphatic heterocycles. The quantitative estimate of drug-likeness (QED) is 0.763. The van der Waals surface area contributed by atoms with Crippen LogP contribution < -0.4 is 5.73 Å². The van der Waals surface area contributed by atoms with Crippen molar-refractivity contribution < 1.29 is 9.53 Å². The Hall–Kier alpha value is -0.400. The van der Waals surface area contributed by atoms with Crippen LogP contribution in [0.4, 0.5) is 0 Å². The molecule has 1 saturated carbocycles. The van der Waals surface area contributed by atoms with E-state index in [2.05, 4.69) is 4.98 Å². The number of rotatable bonds is 7. The van der Waals surface area contributed by atoms with E-state index in [1.807, 2.05) is 26.3 Å². The molecule has 1 amide bonds. The van der Waals surface area contributed by atoms with E-state index in [1.165, 1.54) is 0 Å². The van der Waals surface area contributed by atoms with Crippen LogP contribution in [0.5, 0.6) is 0 Å². The van der Waals surface area contributed by atoms with Gasteiger partial charge in [-0.05, 0) is 32.6 Å². The monoisotopic (exact) mass is 397 g/mol. The molecule has 0 spiro atoms. The molecule has 5 nitrogen and oxygen atoms in total. The molecule has 24 heavy (non-hydrogen) atoms. The maximum atomic E-state index is 12.3. The van der Waals surface area contributed by atoms with Gasteiger partial charge in [0.2, 0.25) is 5.91 Å². The van der Waals surface area contributed by atoms with Crippen LogP contribution in [0, 0.1) is 5.92 Å². The molecular formula is C16H29Cl2N3O2S. The number of aromatic nitrogens is 1. The molecule has 1 heterocycles. The van der Waals surface area contributed by atoms with Gasteiger partial charge in [-0.3, -0.25) is 4.79 Å². The standard InChI is InChI=1S/C16H27N3O2S.2ClH/c1-4-21-11(2)16-18-13(10-22-16)9-19(3)15(20)8-12-6-5-7-14(12)17;;/h10-12,14H,4-9,17H2,1-3H3;2*1H/t11?,12-,14+;;/m0../s1. The Bertz CT molecular complexity index is 501. The van der Waals surface area contributed by atoms with Crippen molar-refractivity contribution in [2.45, 2.75) is 58.2 Å². The summed E-state index contributed by atoms with van der Waals surface area (Å²) in [5.74, 6) is 0.508. The molecule has 1 aliphatic carbocycles. The number of thiazole rings is 1. The Balaban J connectivity index is 0.00000264. The molecular weight excluding hydrogens is 369 g/mol. The highest BCUT2D eigenvalue weighted by Gasteiger charge is 2.27. The van der Waals surface area contributed by atoms with Crippen LogP contribution in [0.2, 0.25) is 0 Å². The zero-order valence-corrected chi connectivity index (χ0v) is 17.0. The van der Waals surface area contributed by atoms with Crippen molar-refractivity contribution in [3.8, 4) is 0 Å². The van der Waals surface area contributed by atoms with E-state index in [9.17, 15) is 4.79 Å². The second-order valence-corrected chi connectivity index (χ2v) is 6.97. The number of amides is 1. The van der Waals surface area contributed by atoms with Crippen LogP contribution in [0.25, 0.3) is 0 Å². The first-order chi connectivity index (χ1) is 10.5. The molecule has 8 heteroatoms. The molecule has 2 rings (SSSR count). The van der Waals surface area contributed by atoms with Crippen LogP contribution in [0.3, 0.4) is 0 Å². The summed E-state index contributed by atoms with van der Waals surface area (Å²) >= 11 is 1.59. The second kappa shape index (κ2) is 11.3. The molecule has 1 unspecified atom stereocenters. The van der Waals surface area contributed by atoms with Gasteiger partial charge in [-0.2, -0.15) is 0 Å². The largest absolute Gasteiger partial charge is 0.372 e. The average molecular weight is 398 g/mol. The van der Waals surface area contributed by atoms with Crippen LogP contribution in [0.1, 0.15) is 56.3 Å². The van der Waals surface area contributed by atoms with Crippen LogP contribution >= 0.6 is 36.2 Å². The summed E-state index contributed by atoms with van der Waals surface area (Å²) in [6.45, 7) is 5.21. The third-order valence-corrected chi connectivity index (χ3v) is 5.37. The highest BCUT2D eigenvalue weighted by Crippen LogP contribution is 2.27. The summed E-state index contributed by atoms with van der Waals surface area (Å²) in [4.78, 5) is 18.6. The summed E-state index contributed by atoms with van der Waals surface area (Å²) in [5.41, 5.74) is 6.98. The lowest BCUT2D eigenvalue weighted by Gasteiger charge is -2.20. The molecule has 0 saturated heterocycles. The summed E-state index contributed by atoms with van der Waals surface area (Å²) in [7, 11) is 1.84. The Labute approximate surface area is 161 Å². The lowest BCUT2D eigenvalue weighted by atomic mass is 9.99. The molecule has 0 bridgehead atoms. The van der Waals surface area contributed by atoms with Gasteiger partial charge < -0.3 is 15.4 Å². The fourth-order valence-corrected chi connectivity index (χ4v) is 3.75. The highest BCUT2D eigenvalue weighted by molar-refractivity contribution is 7.09. The Morgan fingerprint density at radius 1 is 1.50 bits per heavy atom. The molecule has 140 valence electrons. The van der Waals surface area contributed by atoms with Crippen LogP contribution in [0.15, 0.2) is 5.38 Å². The van der Waals surface area contributed by atoms with E-state index in [0.29, 0.717) is 25.5 Å². The van der Waals surface area contributed by atoms with Crippen molar-refractivity contribution in [3.05, 3.63) is 16.1 Å². The van der Waals surface area contributed by atoms with Crippen molar-refractivity contribution in [2.24, 2.45) is 11.7 Å². The lowest BCUT2D eigenvalue weighted by Crippen LogP contribution is -2.32. The number of halogens is 2. The lowest BCUT2D eigenvalue weighted by molar-refractivity contribution is -0.131. The Kier molecular flexibility index (Phi) is 11.1. The van der Waals surface area contributed by atoms with Crippen molar-refractivity contribution in [3.63, 3.8) is 0 Å². The van der Waals surface area contributed by atoms with Gasteiger partial charge >= 0.3 is 0 Å². The fourth-order valence-electron chi connectivity index (χ4n) is 2.93. The molecule has 0 aromatic carbocycles. The summed E-state index contributed by atoms with van der Waals surface area (Å²) in [5, 5.41) is 2.98. The van der Waals surface area contributed by atoms with Gasteiger partial charge in [-0.25, -0.2) is 4.98 Å².